The summed E-state index contributed by atoms with van der Waals surface area (Å²) < 4.78 is 13.3. The van der Waals surface area contributed by atoms with Gasteiger partial charge in [0.25, 0.3) is 5.91 Å². The number of carbonyl (C=O) groups is 1. The quantitative estimate of drug-likeness (QED) is 0.506. The number of aromatic amines is 1. The first-order valence-electron chi connectivity index (χ1n) is 10.7. The maximum Gasteiger partial charge on any atom is 0.253 e. The normalized spacial score (nSPS) is 16.4. The Balaban J connectivity index is 1.36. The number of halogens is 1. The fourth-order valence-electron chi connectivity index (χ4n) is 4.32. The molecule has 0 bridgehead atoms. The number of nitrogens with one attached hydrogen (secondary N) is 1. The Morgan fingerprint density at radius 1 is 1.12 bits per heavy atom. The molecular weight excluding hydrogens is 407 g/mol. The molecule has 1 fully saturated rings. The number of aliphatic hydroxyl groups excluding tert-OH is 1. The van der Waals surface area contributed by atoms with Crippen molar-refractivity contribution in [3.05, 3.63) is 83.6 Å². The second-order valence-corrected chi connectivity index (χ2v) is 8.12. The molecule has 0 saturated carbocycles. The number of imidazole rings is 1. The number of piperidine rings is 1. The number of fused-ring (bicyclic) bond motifs is 1. The van der Waals surface area contributed by atoms with Crippen LogP contribution < -0.4 is 0 Å². The molecule has 0 unspecified atom stereocenters. The molecule has 1 atom stereocenters. The van der Waals surface area contributed by atoms with E-state index in [0.29, 0.717) is 24.5 Å². The minimum atomic E-state index is -0.271. The van der Waals surface area contributed by atoms with E-state index in [1.165, 1.54) is 12.1 Å². The lowest BCUT2D eigenvalue weighted by Crippen LogP contribution is -2.39. The fourth-order valence-corrected chi connectivity index (χ4v) is 4.32. The highest BCUT2D eigenvalue weighted by atomic mass is 19.1. The van der Waals surface area contributed by atoms with Gasteiger partial charge in [-0.3, -0.25) is 9.78 Å². The van der Waals surface area contributed by atoms with Crippen molar-refractivity contribution in [2.24, 2.45) is 0 Å². The van der Waals surface area contributed by atoms with E-state index in [1.807, 2.05) is 23.1 Å². The van der Waals surface area contributed by atoms with Gasteiger partial charge in [-0.25, -0.2) is 9.37 Å². The van der Waals surface area contributed by atoms with Crippen LogP contribution in [0.15, 0.2) is 60.7 Å². The molecule has 0 aliphatic carbocycles. The first-order valence-corrected chi connectivity index (χ1v) is 10.7. The first kappa shape index (κ1) is 20.3. The molecule has 0 spiro atoms. The third-order valence-corrected chi connectivity index (χ3v) is 5.97. The minimum Gasteiger partial charge on any atom is -0.388 e. The van der Waals surface area contributed by atoms with Crippen molar-refractivity contribution in [3.8, 4) is 11.3 Å². The minimum absolute atomic E-state index is 0.0218. The molecule has 3 heterocycles. The molecule has 4 aromatic rings. The van der Waals surface area contributed by atoms with Crippen LogP contribution in [0.4, 0.5) is 4.39 Å². The van der Waals surface area contributed by atoms with Crippen molar-refractivity contribution in [3.63, 3.8) is 0 Å². The highest BCUT2D eigenvalue weighted by Crippen LogP contribution is 2.29. The zero-order valence-electron chi connectivity index (χ0n) is 17.5. The summed E-state index contributed by atoms with van der Waals surface area (Å²) in [6.07, 6.45) is 1.86. The monoisotopic (exact) mass is 430 g/mol. The van der Waals surface area contributed by atoms with Gasteiger partial charge in [0.05, 0.1) is 16.7 Å². The average Bonchev–Trinajstić information content (AvgIpc) is 3.27. The summed E-state index contributed by atoms with van der Waals surface area (Å²) in [6, 6.07) is 17.6. The predicted octanol–water partition coefficient (Wildman–Crippen LogP) is 4.28. The van der Waals surface area contributed by atoms with Crippen LogP contribution in [0.1, 0.15) is 40.6 Å². The smallest absolute Gasteiger partial charge is 0.253 e. The maximum absolute atomic E-state index is 13.3. The third kappa shape index (κ3) is 3.99. The number of H-pyrrole nitrogens is 1. The average molecular weight is 430 g/mol. The van der Waals surface area contributed by atoms with Crippen molar-refractivity contribution in [2.45, 2.75) is 25.4 Å². The van der Waals surface area contributed by atoms with Gasteiger partial charge in [-0.2, -0.15) is 0 Å². The molecule has 5 rings (SSSR count). The summed E-state index contributed by atoms with van der Waals surface area (Å²) in [7, 11) is 0. The molecule has 2 aromatic heterocycles. The standard InChI is InChI=1S/C25H23FN4O2/c26-19-9-6-16(7-10-19)20-4-1-5-21(27-20)18-3-2-12-30(14-18)25(32)17-8-11-22-23(13-17)29-24(15-31)28-22/h1,4-11,13,18,31H,2-3,12,14-15H2,(H,28,29)/t18-/m1/s1. The number of nitrogens with zero attached hydrogens (tertiary/aromatic N) is 3. The van der Waals surface area contributed by atoms with E-state index in [2.05, 4.69) is 9.97 Å². The predicted molar refractivity (Wildman–Crippen MR) is 120 cm³/mol. The second kappa shape index (κ2) is 8.51. The fraction of sp³-hybridized carbons (Fsp3) is 0.240. The van der Waals surface area contributed by atoms with Crippen LogP contribution in [0, 0.1) is 5.82 Å². The Morgan fingerprint density at radius 3 is 2.78 bits per heavy atom. The van der Waals surface area contributed by atoms with Gasteiger partial charge in [-0.1, -0.05) is 6.07 Å². The van der Waals surface area contributed by atoms with Gasteiger partial charge < -0.3 is 15.0 Å². The van der Waals surface area contributed by atoms with Crippen LogP contribution in [-0.4, -0.2) is 44.0 Å². The molecule has 1 saturated heterocycles. The zero-order chi connectivity index (χ0) is 22.1. The molecule has 2 N–H and O–H groups in total. The number of benzene rings is 2. The van der Waals surface area contributed by atoms with Crippen molar-refractivity contribution in [1.29, 1.82) is 0 Å². The van der Waals surface area contributed by atoms with E-state index in [9.17, 15) is 14.3 Å². The van der Waals surface area contributed by atoms with Crippen molar-refractivity contribution in [1.82, 2.24) is 19.9 Å². The Kier molecular flexibility index (Phi) is 5.41. The van der Waals surface area contributed by atoms with Gasteiger partial charge in [0, 0.05) is 35.8 Å². The number of pyridine rings is 1. The summed E-state index contributed by atoms with van der Waals surface area (Å²) >= 11 is 0. The highest BCUT2D eigenvalue weighted by molar-refractivity contribution is 5.97. The SMILES string of the molecule is O=C(c1ccc2nc(CO)[nH]c2c1)N1CCC[C@@H](c2cccc(-c3ccc(F)cc3)n2)C1. The van der Waals surface area contributed by atoms with Gasteiger partial charge in [-0.05, 0) is 67.4 Å². The summed E-state index contributed by atoms with van der Waals surface area (Å²) in [5, 5.41) is 9.27. The summed E-state index contributed by atoms with van der Waals surface area (Å²) in [4.78, 5) is 27.2. The van der Waals surface area contributed by atoms with Crippen LogP contribution >= 0.6 is 0 Å². The Hall–Kier alpha value is -3.58. The molecule has 0 radical (unpaired) electrons. The van der Waals surface area contributed by atoms with Crippen LogP contribution in [0.3, 0.4) is 0 Å². The molecule has 6 nitrogen and oxygen atoms in total. The van der Waals surface area contributed by atoms with E-state index >= 15 is 0 Å². The second-order valence-electron chi connectivity index (χ2n) is 8.12. The number of aliphatic hydroxyl groups is 1. The largest absolute Gasteiger partial charge is 0.388 e. The van der Waals surface area contributed by atoms with Crippen LogP contribution in [0.25, 0.3) is 22.3 Å². The van der Waals surface area contributed by atoms with Gasteiger partial charge in [0.1, 0.15) is 18.2 Å². The third-order valence-electron chi connectivity index (χ3n) is 5.97. The number of rotatable bonds is 4. The molecule has 162 valence electrons. The Bertz CT molecular complexity index is 1270. The van der Waals surface area contributed by atoms with Gasteiger partial charge in [0.2, 0.25) is 0 Å². The molecule has 7 heteroatoms. The lowest BCUT2D eigenvalue weighted by molar-refractivity contribution is 0.0706. The van der Waals surface area contributed by atoms with Crippen molar-refractivity contribution < 1.29 is 14.3 Å². The van der Waals surface area contributed by atoms with Gasteiger partial charge in [0.15, 0.2) is 0 Å². The number of carbonyl (C=O) groups excluding carboxylic acids is 1. The number of amides is 1. The summed E-state index contributed by atoms with van der Waals surface area (Å²) in [5.41, 5.74) is 4.67. The topological polar surface area (TPSA) is 82.1 Å². The number of hydrogen-bond acceptors (Lipinski definition) is 4. The molecule has 32 heavy (non-hydrogen) atoms. The Morgan fingerprint density at radius 2 is 1.97 bits per heavy atom. The lowest BCUT2D eigenvalue weighted by Gasteiger charge is -2.32. The number of likely N-dealkylation sites (tertiary alicyclic amines) is 1. The van der Waals surface area contributed by atoms with E-state index in [-0.39, 0.29) is 24.2 Å². The number of aromatic nitrogens is 3. The van der Waals surface area contributed by atoms with Crippen LogP contribution in [0.5, 0.6) is 0 Å². The lowest BCUT2D eigenvalue weighted by atomic mass is 9.93. The van der Waals surface area contributed by atoms with E-state index in [0.717, 1.165) is 40.8 Å². The van der Waals surface area contributed by atoms with Crippen LogP contribution in [-0.2, 0) is 6.61 Å². The first-order chi connectivity index (χ1) is 15.6. The number of hydrogen-bond donors (Lipinski definition) is 2. The molecular formula is C25H23FN4O2. The molecule has 1 aliphatic rings. The van der Waals surface area contributed by atoms with E-state index in [4.69, 9.17) is 4.98 Å². The van der Waals surface area contributed by atoms with Crippen molar-refractivity contribution in [2.75, 3.05) is 13.1 Å². The van der Waals surface area contributed by atoms with Gasteiger partial charge >= 0.3 is 0 Å². The molecule has 1 aliphatic heterocycles. The zero-order valence-corrected chi connectivity index (χ0v) is 17.5. The van der Waals surface area contributed by atoms with Crippen molar-refractivity contribution >= 4 is 16.9 Å². The summed E-state index contributed by atoms with van der Waals surface area (Å²) in [5.74, 6) is 0.332. The van der Waals surface area contributed by atoms with E-state index in [1.54, 1.807) is 30.3 Å². The summed E-state index contributed by atoms with van der Waals surface area (Å²) in [6.45, 7) is 1.13. The molecule has 2 aromatic carbocycles. The Labute approximate surface area is 184 Å². The maximum atomic E-state index is 13.3. The van der Waals surface area contributed by atoms with E-state index < -0.39 is 0 Å². The highest BCUT2D eigenvalue weighted by Gasteiger charge is 2.26. The van der Waals surface area contributed by atoms with Crippen LogP contribution in [0.2, 0.25) is 0 Å². The molecule has 1 amide bonds. The van der Waals surface area contributed by atoms with Gasteiger partial charge in [-0.15, -0.1) is 0 Å².